The van der Waals surface area contributed by atoms with Crippen LogP contribution in [0.2, 0.25) is 5.15 Å². The van der Waals surface area contributed by atoms with Crippen LogP contribution in [0, 0.1) is 0 Å². The van der Waals surface area contributed by atoms with Crippen LogP contribution in [0.15, 0.2) is 6.33 Å². The number of nitrogens with zero attached hydrogens (tertiary/aromatic N) is 3. The number of piperidine rings is 1. The van der Waals surface area contributed by atoms with E-state index in [-0.39, 0.29) is 17.3 Å². The van der Waals surface area contributed by atoms with Crippen LogP contribution in [0.1, 0.15) is 33.6 Å². The van der Waals surface area contributed by atoms with Gasteiger partial charge in [0.15, 0.2) is 16.7 Å². The number of anilines is 1. The maximum absolute atomic E-state index is 12.2. The molecule has 1 amide bonds. The second kappa shape index (κ2) is 7.21. The molecule has 1 aromatic rings. The van der Waals surface area contributed by atoms with Gasteiger partial charge in [0.05, 0.1) is 7.11 Å². The summed E-state index contributed by atoms with van der Waals surface area (Å²) in [4.78, 5) is 22.0. The molecule has 128 valence electrons. The molecule has 1 aromatic heterocycles. The molecule has 0 spiro atoms. The van der Waals surface area contributed by atoms with E-state index < -0.39 is 5.60 Å². The molecular weight excluding hydrogens is 320 g/mol. The van der Waals surface area contributed by atoms with E-state index in [1.54, 1.807) is 4.90 Å². The van der Waals surface area contributed by atoms with E-state index >= 15 is 0 Å². The molecule has 0 unspecified atom stereocenters. The number of hydrogen-bond acceptors (Lipinski definition) is 6. The molecule has 1 N–H and O–H groups in total. The molecule has 7 nitrogen and oxygen atoms in total. The molecular formula is C15H23ClN4O3. The minimum absolute atomic E-state index is 0.0520. The number of nitrogens with one attached hydrogen (secondary N) is 1. The van der Waals surface area contributed by atoms with Crippen LogP contribution in [-0.2, 0) is 4.74 Å². The van der Waals surface area contributed by atoms with Gasteiger partial charge in [-0.3, -0.25) is 0 Å². The van der Waals surface area contributed by atoms with Gasteiger partial charge in [0, 0.05) is 19.1 Å². The number of rotatable bonds is 3. The summed E-state index contributed by atoms with van der Waals surface area (Å²) in [6.07, 6.45) is 2.89. The van der Waals surface area contributed by atoms with E-state index in [1.165, 1.54) is 13.4 Å². The Kier molecular flexibility index (Phi) is 5.51. The van der Waals surface area contributed by atoms with Crippen LogP contribution in [0.5, 0.6) is 5.75 Å². The zero-order valence-electron chi connectivity index (χ0n) is 13.9. The summed E-state index contributed by atoms with van der Waals surface area (Å²) in [5, 5.41) is 3.53. The topological polar surface area (TPSA) is 76.6 Å². The Morgan fingerprint density at radius 2 is 2.17 bits per heavy atom. The Bertz CT molecular complexity index is 562. The molecule has 0 aromatic carbocycles. The number of ether oxygens (including phenoxy) is 2. The Morgan fingerprint density at radius 1 is 1.43 bits per heavy atom. The van der Waals surface area contributed by atoms with E-state index in [9.17, 15) is 4.79 Å². The molecule has 0 radical (unpaired) electrons. The third kappa shape index (κ3) is 4.86. The number of aromatic nitrogens is 2. The lowest BCUT2D eigenvalue weighted by Crippen LogP contribution is -2.47. The number of amides is 1. The van der Waals surface area contributed by atoms with E-state index in [2.05, 4.69) is 15.3 Å². The summed E-state index contributed by atoms with van der Waals surface area (Å²) in [6, 6.07) is 0.0520. The molecule has 0 bridgehead atoms. The maximum Gasteiger partial charge on any atom is 0.410 e. The third-order valence-electron chi connectivity index (χ3n) is 3.38. The minimum atomic E-state index is -0.499. The zero-order valence-corrected chi connectivity index (χ0v) is 14.7. The van der Waals surface area contributed by atoms with Crippen molar-refractivity contribution in [1.29, 1.82) is 0 Å². The van der Waals surface area contributed by atoms with Crippen LogP contribution in [-0.4, -0.2) is 52.8 Å². The Morgan fingerprint density at radius 3 is 2.83 bits per heavy atom. The fraction of sp³-hybridized carbons (Fsp3) is 0.667. The molecule has 1 fully saturated rings. The summed E-state index contributed by atoms with van der Waals surface area (Å²) >= 11 is 6.00. The lowest BCUT2D eigenvalue weighted by molar-refractivity contribution is 0.0206. The molecule has 1 aliphatic rings. The second-order valence-electron chi connectivity index (χ2n) is 6.46. The highest BCUT2D eigenvalue weighted by molar-refractivity contribution is 6.31. The average Bonchev–Trinajstić information content (AvgIpc) is 2.46. The number of methoxy groups -OCH3 is 1. The van der Waals surface area contributed by atoms with Gasteiger partial charge in [-0.15, -0.1) is 0 Å². The van der Waals surface area contributed by atoms with Gasteiger partial charge < -0.3 is 19.7 Å². The van der Waals surface area contributed by atoms with Crippen molar-refractivity contribution in [1.82, 2.24) is 14.9 Å². The zero-order chi connectivity index (χ0) is 17.0. The van der Waals surface area contributed by atoms with Gasteiger partial charge in [0.2, 0.25) is 0 Å². The van der Waals surface area contributed by atoms with Crippen LogP contribution in [0.25, 0.3) is 0 Å². The third-order valence-corrected chi connectivity index (χ3v) is 3.65. The fourth-order valence-corrected chi connectivity index (χ4v) is 2.63. The molecule has 2 rings (SSSR count). The Labute approximate surface area is 141 Å². The summed E-state index contributed by atoms with van der Waals surface area (Å²) in [6.45, 7) is 6.81. The summed E-state index contributed by atoms with van der Waals surface area (Å²) in [7, 11) is 1.52. The molecule has 2 heterocycles. The van der Waals surface area contributed by atoms with Gasteiger partial charge in [-0.2, -0.15) is 0 Å². The number of halogens is 1. The van der Waals surface area contributed by atoms with E-state index in [0.717, 1.165) is 12.8 Å². The monoisotopic (exact) mass is 342 g/mol. The van der Waals surface area contributed by atoms with Crippen molar-refractivity contribution in [3.8, 4) is 5.75 Å². The first-order valence-corrected chi connectivity index (χ1v) is 7.97. The van der Waals surface area contributed by atoms with Gasteiger partial charge in [-0.05, 0) is 33.6 Å². The lowest BCUT2D eigenvalue weighted by Gasteiger charge is -2.34. The highest BCUT2D eigenvalue weighted by Gasteiger charge is 2.28. The van der Waals surface area contributed by atoms with Crippen LogP contribution < -0.4 is 10.1 Å². The number of carbonyl (C=O) groups is 1. The molecule has 1 atom stereocenters. The first kappa shape index (κ1) is 17.6. The Balaban J connectivity index is 2.02. The quantitative estimate of drug-likeness (QED) is 0.851. The van der Waals surface area contributed by atoms with Crippen LogP contribution in [0.4, 0.5) is 10.6 Å². The number of hydrogen-bond donors (Lipinski definition) is 1. The normalized spacial score (nSPS) is 18.5. The second-order valence-corrected chi connectivity index (χ2v) is 6.81. The van der Waals surface area contributed by atoms with Gasteiger partial charge in [0.25, 0.3) is 0 Å². The van der Waals surface area contributed by atoms with Crippen molar-refractivity contribution in [3.05, 3.63) is 11.5 Å². The first-order valence-electron chi connectivity index (χ1n) is 7.59. The van der Waals surface area contributed by atoms with Crippen molar-refractivity contribution < 1.29 is 14.3 Å². The SMILES string of the molecule is COc1c(Cl)ncnc1N[C@H]1CCCN(C(=O)OC(C)(C)C)C1. The highest BCUT2D eigenvalue weighted by atomic mass is 35.5. The standard InChI is InChI=1S/C15H23ClN4O3/c1-15(2,3)23-14(21)20-7-5-6-10(8-20)19-13-11(22-4)12(16)17-9-18-13/h9-10H,5-8H2,1-4H3,(H,17,18,19)/t10-/m0/s1. The summed E-state index contributed by atoms with van der Waals surface area (Å²) in [5.41, 5.74) is -0.499. The van der Waals surface area contributed by atoms with Crippen molar-refractivity contribution in [2.75, 3.05) is 25.5 Å². The number of likely N-dealkylation sites (tertiary alicyclic amines) is 1. The van der Waals surface area contributed by atoms with E-state index in [4.69, 9.17) is 21.1 Å². The predicted molar refractivity (Wildman–Crippen MR) is 88.0 cm³/mol. The molecule has 0 aliphatic carbocycles. The molecule has 8 heteroatoms. The first-order chi connectivity index (χ1) is 10.8. The summed E-state index contributed by atoms with van der Waals surface area (Å²) < 4.78 is 10.7. The van der Waals surface area contributed by atoms with Crippen LogP contribution >= 0.6 is 11.6 Å². The van der Waals surface area contributed by atoms with E-state index in [1.807, 2.05) is 20.8 Å². The van der Waals surface area contributed by atoms with Crippen molar-refractivity contribution in [3.63, 3.8) is 0 Å². The molecule has 1 aliphatic heterocycles. The Hall–Kier alpha value is -1.76. The average molecular weight is 343 g/mol. The molecule has 23 heavy (non-hydrogen) atoms. The van der Waals surface area contributed by atoms with Gasteiger partial charge in [-0.1, -0.05) is 11.6 Å². The van der Waals surface area contributed by atoms with Gasteiger partial charge in [-0.25, -0.2) is 14.8 Å². The molecule has 1 saturated heterocycles. The highest BCUT2D eigenvalue weighted by Crippen LogP contribution is 2.29. The molecule has 0 saturated carbocycles. The summed E-state index contributed by atoms with van der Waals surface area (Å²) in [5.74, 6) is 0.937. The largest absolute Gasteiger partial charge is 0.490 e. The number of carbonyl (C=O) groups excluding carboxylic acids is 1. The predicted octanol–water partition coefficient (Wildman–Crippen LogP) is 2.95. The smallest absolute Gasteiger partial charge is 0.410 e. The van der Waals surface area contributed by atoms with Crippen molar-refractivity contribution in [2.24, 2.45) is 0 Å². The lowest BCUT2D eigenvalue weighted by atomic mass is 10.1. The van der Waals surface area contributed by atoms with Gasteiger partial charge in [0.1, 0.15) is 11.9 Å². The van der Waals surface area contributed by atoms with Gasteiger partial charge >= 0.3 is 6.09 Å². The fourth-order valence-electron chi connectivity index (χ4n) is 2.42. The van der Waals surface area contributed by atoms with Crippen molar-refractivity contribution in [2.45, 2.75) is 45.3 Å². The van der Waals surface area contributed by atoms with Crippen LogP contribution in [0.3, 0.4) is 0 Å². The van der Waals surface area contributed by atoms with E-state index in [0.29, 0.717) is 24.7 Å². The minimum Gasteiger partial charge on any atom is -0.490 e. The maximum atomic E-state index is 12.2. The van der Waals surface area contributed by atoms with Crippen molar-refractivity contribution >= 4 is 23.5 Å².